The lowest BCUT2D eigenvalue weighted by molar-refractivity contribution is -0.193. The Bertz CT molecular complexity index is 1350. The Balaban J connectivity index is 0.000000289. The average molecular weight is 604 g/mol. The van der Waals surface area contributed by atoms with Gasteiger partial charge < -0.3 is 19.7 Å². The van der Waals surface area contributed by atoms with Gasteiger partial charge in [0.2, 0.25) is 0 Å². The van der Waals surface area contributed by atoms with Crippen molar-refractivity contribution in [2.75, 3.05) is 13.1 Å². The van der Waals surface area contributed by atoms with E-state index < -0.39 is 24.3 Å². The van der Waals surface area contributed by atoms with Crippen LogP contribution in [0.4, 0.5) is 30.7 Å². The maximum Gasteiger partial charge on any atom is 0.490 e. The van der Waals surface area contributed by atoms with Crippen molar-refractivity contribution >= 4 is 17.8 Å². The Labute approximate surface area is 233 Å². The van der Waals surface area contributed by atoms with Gasteiger partial charge >= 0.3 is 24.3 Å². The molecular formula is C26H23F7N4O5. The van der Waals surface area contributed by atoms with Crippen LogP contribution in [0, 0.1) is 5.82 Å². The molecular weight excluding hydrogens is 581 g/mol. The van der Waals surface area contributed by atoms with Crippen LogP contribution in [0.1, 0.15) is 27.7 Å². The molecule has 9 nitrogen and oxygen atoms in total. The second-order valence-corrected chi connectivity index (χ2v) is 9.15. The molecule has 2 unspecified atom stereocenters. The Morgan fingerprint density at radius 2 is 1.31 bits per heavy atom. The largest absolute Gasteiger partial charge is 0.490 e. The average Bonchev–Trinajstić information content (AvgIpc) is 3.55. The summed E-state index contributed by atoms with van der Waals surface area (Å²) in [6.07, 6.45) is -4.53. The minimum atomic E-state index is -5.08. The van der Waals surface area contributed by atoms with E-state index in [-0.39, 0.29) is 23.8 Å². The van der Waals surface area contributed by atoms with Gasteiger partial charge in [-0.1, -0.05) is 12.1 Å². The number of hydrogen-bond donors (Lipinski definition) is 2. The highest BCUT2D eigenvalue weighted by molar-refractivity contribution is 5.94. The van der Waals surface area contributed by atoms with Gasteiger partial charge in [-0.2, -0.15) is 26.3 Å². The van der Waals surface area contributed by atoms with E-state index in [1.54, 1.807) is 12.1 Å². The molecule has 0 aliphatic carbocycles. The van der Waals surface area contributed by atoms with Crippen molar-refractivity contribution in [3.63, 3.8) is 0 Å². The predicted molar refractivity (Wildman–Crippen MR) is 130 cm³/mol. The summed E-state index contributed by atoms with van der Waals surface area (Å²) in [5.74, 6) is -5.73. The summed E-state index contributed by atoms with van der Waals surface area (Å²) in [7, 11) is 0. The first-order valence-electron chi connectivity index (χ1n) is 12.0. The lowest BCUT2D eigenvalue weighted by atomic mass is 10.0. The molecule has 2 aliphatic heterocycles. The number of carbonyl (C=O) groups excluding carboxylic acids is 1. The highest BCUT2D eigenvalue weighted by atomic mass is 19.4. The number of rotatable bonds is 4. The molecule has 42 heavy (non-hydrogen) atoms. The van der Waals surface area contributed by atoms with E-state index in [0.29, 0.717) is 6.54 Å². The minimum Gasteiger partial charge on any atom is -0.475 e. The number of benzene rings is 1. The highest BCUT2D eigenvalue weighted by Gasteiger charge is 2.45. The van der Waals surface area contributed by atoms with E-state index in [1.807, 2.05) is 47.8 Å². The summed E-state index contributed by atoms with van der Waals surface area (Å²) < 4.78 is 78.9. The maximum atomic E-state index is 13.3. The van der Waals surface area contributed by atoms with Crippen LogP contribution in [-0.4, -0.2) is 78.9 Å². The first kappa shape index (κ1) is 32.0. The fourth-order valence-corrected chi connectivity index (χ4v) is 4.44. The zero-order valence-electron chi connectivity index (χ0n) is 21.4. The molecule has 0 bridgehead atoms. The Kier molecular flexibility index (Phi) is 9.93. The molecule has 2 N–H and O–H groups in total. The van der Waals surface area contributed by atoms with Gasteiger partial charge in [0, 0.05) is 44.8 Å². The van der Waals surface area contributed by atoms with Gasteiger partial charge in [0.1, 0.15) is 11.5 Å². The minimum absolute atomic E-state index is 0.0429. The number of amides is 1. The van der Waals surface area contributed by atoms with Gasteiger partial charge in [-0.05, 0) is 47.5 Å². The lowest BCUT2D eigenvalue weighted by Gasteiger charge is -2.38. The van der Waals surface area contributed by atoms with Crippen LogP contribution in [0.25, 0.3) is 0 Å². The predicted octanol–water partition coefficient (Wildman–Crippen LogP) is 4.37. The van der Waals surface area contributed by atoms with E-state index in [9.17, 15) is 35.5 Å². The number of carboxylic acids is 2. The Morgan fingerprint density at radius 1 is 0.810 bits per heavy atom. The third-order valence-electron chi connectivity index (χ3n) is 6.26. The molecule has 1 fully saturated rings. The quantitative estimate of drug-likeness (QED) is 0.425. The second-order valence-electron chi connectivity index (χ2n) is 9.15. The molecule has 226 valence electrons. The number of alkyl halides is 6. The highest BCUT2D eigenvalue weighted by Crippen LogP contribution is 2.35. The third-order valence-corrected chi connectivity index (χ3v) is 6.26. The fourth-order valence-electron chi connectivity index (χ4n) is 4.44. The van der Waals surface area contributed by atoms with E-state index >= 15 is 0 Å². The van der Waals surface area contributed by atoms with Crippen LogP contribution in [0.15, 0.2) is 67.1 Å². The SMILES string of the molecule is O=C(O)C(F)(F)F.O=C(O)C(F)(F)F.O=C1c2cccn2C2CN(Cc3ccncc3)CC2N1Cc1ccc(F)cc1. The van der Waals surface area contributed by atoms with E-state index in [1.165, 1.54) is 17.7 Å². The number of carbonyl (C=O) groups is 3. The molecule has 3 aromatic rings. The number of halogens is 7. The number of likely N-dealkylation sites (tertiary alicyclic amines) is 1. The van der Waals surface area contributed by atoms with Crippen LogP contribution in [0.5, 0.6) is 0 Å². The molecule has 1 aromatic carbocycles. The zero-order chi connectivity index (χ0) is 31.2. The van der Waals surface area contributed by atoms with Crippen molar-refractivity contribution in [3.8, 4) is 0 Å². The van der Waals surface area contributed by atoms with E-state index in [4.69, 9.17) is 19.8 Å². The molecule has 2 aromatic heterocycles. The third kappa shape index (κ3) is 8.28. The van der Waals surface area contributed by atoms with Crippen molar-refractivity contribution in [2.24, 2.45) is 0 Å². The molecule has 1 amide bonds. The summed E-state index contributed by atoms with van der Waals surface area (Å²) in [6, 6.07) is 14.6. The van der Waals surface area contributed by atoms with Crippen LogP contribution in [0.2, 0.25) is 0 Å². The number of fused-ring (bicyclic) bond motifs is 3. The summed E-state index contributed by atoms with van der Waals surface area (Å²) in [5, 5.41) is 14.2. The van der Waals surface area contributed by atoms with Crippen LogP contribution >= 0.6 is 0 Å². The molecule has 2 atom stereocenters. The summed E-state index contributed by atoms with van der Waals surface area (Å²) in [4.78, 5) is 39.4. The molecule has 0 saturated carbocycles. The Hall–Kier alpha value is -4.47. The van der Waals surface area contributed by atoms with Gasteiger partial charge in [-0.15, -0.1) is 0 Å². The first-order chi connectivity index (χ1) is 19.6. The number of aromatic nitrogens is 2. The number of carboxylic acid groups (broad SMARTS) is 2. The number of nitrogens with zero attached hydrogens (tertiary/aromatic N) is 4. The smallest absolute Gasteiger partial charge is 0.475 e. The monoisotopic (exact) mass is 604 g/mol. The van der Waals surface area contributed by atoms with Crippen molar-refractivity contribution < 1.29 is 55.3 Å². The van der Waals surface area contributed by atoms with Crippen molar-refractivity contribution in [1.29, 1.82) is 0 Å². The van der Waals surface area contributed by atoms with Crippen molar-refractivity contribution in [1.82, 2.24) is 19.4 Å². The van der Waals surface area contributed by atoms with Crippen molar-refractivity contribution in [3.05, 3.63) is 89.8 Å². The number of hydrogen-bond acceptors (Lipinski definition) is 5. The Morgan fingerprint density at radius 3 is 1.83 bits per heavy atom. The van der Waals surface area contributed by atoms with E-state index in [0.717, 1.165) is 30.9 Å². The van der Waals surface area contributed by atoms with Gasteiger partial charge in [-0.3, -0.25) is 14.7 Å². The molecule has 2 aliphatic rings. The standard InChI is InChI=1S/C22H21FN4O.2C2HF3O2/c23-18-5-3-16(4-6-18)13-27-21-15-25(12-17-7-9-24-10-8-17)14-20(21)26-11-1-2-19(26)22(27)28;2*3-2(4,5)1(6)7/h1-11,20-21H,12-15H2;2*(H,6,7). The van der Waals surface area contributed by atoms with Gasteiger partial charge in [-0.25, -0.2) is 14.0 Å². The van der Waals surface area contributed by atoms with Crippen LogP contribution < -0.4 is 0 Å². The first-order valence-corrected chi connectivity index (χ1v) is 12.0. The van der Waals surface area contributed by atoms with Crippen LogP contribution in [0.3, 0.4) is 0 Å². The molecule has 0 radical (unpaired) electrons. The summed E-state index contributed by atoms with van der Waals surface area (Å²) >= 11 is 0. The molecule has 5 rings (SSSR count). The second kappa shape index (κ2) is 13.0. The molecule has 4 heterocycles. The lowest BCUT2D eigenvalue weighted by Crippen LogP contribution is -2.49. The van der Waals surface area contributed by atoms with E-state index in [2.05, 4.69) is 14.5 Å². The topological polar surface area (TPSA) is 116 Å². The van der Waals surface area contributed by atoms with Crippen LogP contribution in [-0.2, 0) is 22.7 Å². The van der Waals surface area contributed by atoms with Gasteiger partial charge in [0.05, 0.1) is 12.1 Å². The maximum absolute atomic E-state index is 13.3. The molecule has 16 heteroatoms. The fraction of sp³-hybridized carbons (Fsp3) is 0.308. The number of pyridine rings is 1. The molecule has 1 saturated heterocycles. The van der Waals surface area contributed by atoms with Gasteiger partial charge in [0.15, 0.2) is 0 Å². The normalized spacial score (nSPS) is 18.2. The summed E-state index contributed by atoms with van der Waals surface area (Å²) in [5.41, 5.74) is 2.90. The van der Waals surface area contributed by atoms with Gasteiger partial charge in [0.25, 0.3) is 5.91 Å². The zero-order valence-corrected chi connectivity index (χ0v) is 21.4. The summed E-state index contributed by atoms with van der Waals surface area (Å²) in [6.45, 7) is 3.04. The number of aliphatic carboxylic acids is 2. The molecule has 0 spiro atoms. The van der Waals surface area contributed by atoms with Crippen molar-refractivity contribution in [2.45, 2.75) is 37.5 Å².